The van der Waals surface area contributed by atoms with Gasteiger partial charge in [-0.3, -0.25) is 4.79 Å². The molecule has 0 amide bonds. The molecule has 2 aromatic rings. The van der Waals surface area contributed by atoms with Gasteiger partial charge < -0.3 is 4.74 Å². The van der Waals surface area contributed by atoms with Crippen LogP contribution in [0, 0.1) is 12.7 Å². The third-order valence-corrected chi connectivity index (χ3v) is 3.59. The van der Waals surface area contributed by atoms with Gasteiger partial charge in [-0.2, -0.15) is 0 Å². The van der Waals surface area contributed by atoms with Gasteiger partial charge in [-0.15, -0.1) is 0 Å². The first kappa shape index (κ1) is 15.7. The first-order valence-electron chi connectivity index (χ1n) is 6.74. The highest BCUT2D eigenvalue weighted by Gasteiger charge is 2.07. The maximum absolute atomic E-state index is 13.5. The third-order valence-electron chi connectivity index (χ3n) is 3.06. The average molecular weight is 351 g/mol. The zero-order valence-electron chi connectivity index (χ0n) is 11.7. The Kier molecular flexibility index (Phi) is 5.51. The number of carbonyl (C=O) groups excluding carboxylic acids is 1. The van der Waals surface area contributed by atoms with Crippen LogP contribution in [0.15, 0.2) is 46.9 Å². The monoisotopic (exact) mass is 350 g/mol. The smallest absolute Gasteiger partial charge is 0.165 e. The molecule has 0 saturated carbocycles. The maximum atomic E-state index is 13.5. The lowest BCUT2D eigenvalue weighted by molar-refractivity contribution is 0.0973. The molecule has 2 rings (SSSR count). The molecule has 0 aliphatic heterocycles. The van der Waals surface area contributed by atoms with Gasteiger partial charge in [0, 0.05) is 16.5 Å². The largest absolute Gasteiger partial charge is 0.490 e. The molecule has 0 aliphatic rings. The minimum absolute atomic E-state index is 0.0656. The molecule has 0 heterocycles. The number of carbonyl (C=O) groups is 1. The number of Topliss-reactive ketones (excluding diaryl/α,β-unsaturated/α-hetero) is 1. The van der Waals surface area contributed by atoms with Crippen LogP contribution < -0.4 is 4.74 Å². The Morgan fingerprint density at radius 1 is 1.19 bits per heavy atom. The molecule has 2 aromatic carbocycles. The first-order chi connectivity index (χ1) is 10.1. The number of hydrogen-bond donors (Lipinski definition) is 0. The summed E-state index contributed by atoms with van der Waals surface area (Å²) in [7, 11) is 0. The van der Waals surface area contributed by atoms with Crippen LogP contribution in [0.25, 0.3) is 0 Å². The number of ketones is 1. The fourth-order valence-electron chi connectivity index (χ4n) is 1.92. The van der Waals surface area contributed by atoms with Crippen molar-refractivity contribution in [2.75, 3.05) is 6.61 Å². The van der Waals surface area contributed by atoms with Gasteiger partial charge in [0.15, 0.2) is 17.3 Å². The van der Waals surface area contributed by atoms with Crippen LogP contribution in [-0.4, -0.2) is 12.4 Å². The van der Waals surface area contributed by atoms with Crippen molar-refractivity contribution in [2.24, 2.45) is 0 Å². The summed E-state index contributed by atoms with van der Waals surface area (Å²) in [4.78, 5) is 11.9. The normalized spacial score (nSPS) is 10.4. The summed E-state index contributed by atoms with van der Waals surface area (Å²) < 4.78 is 19.8. The summed E-state index contributed by atoms with van der Waals surface area (Å²) in [5.41, 5.74) is 1.62. The van der Waals surface area contributed by atoms with E-state index in [9.17, 15) is 9.18 Å². The molecule has 0 fully saturated rings. The van der Waals surface area contributed by atoms with E-state index < -0.39 is 0 Å². The Hall–Kier alpha value is -1.68. The minimum atomic E-state index is -0.375. The van der Waals surface area contributed by atoms with Crippen molar-refractivity contribution in [2.45, 2.75) is 19.8 Å². The molecule has 0 aromatic heterocycles. The topological polar surface area (TPSA) is 26.3 Å². The molecule has 0 atom stereocenters. The van der Waals surface area contributed by atoms with Crippen LogP contribution in [0.1, 0.15) is 28.8 Å². The Morgan fingerprint density at radius 2 is 1.90 bits per heavy atom. The van der Waals surface area contributed by atoms with Crippen molar-refractivity contribution < 1.29 is 13.9 Å². The lowest BCUT2D eigenvalue weighted by atomic mass is 10.1. The van der Waals surface area contributed by atoms with Crippen molar-refractivity contribution in [3.8, 4) is 5.75 Å². The van der Waals surface area contributed by atoms with Crippen molar-refractivity contribution in [3.63, 3.8) is 0 Å². The van der Waals surface area contributed by atoms with Gasteiger partial charge in [-0.05, 0) is 43.2 Å². The highest BCUT2D eigenvalue weighted by atomic mass is 79.9. The molecule has 0 saturated heterocycles. The van der Waals surface area contributed by atoms with Crippen LogP contribution in [-0.2, 0) is 0 Å². The first-order valence-corrected chi connectivity index (χ1v) is 7.53. The van der Waals surface area contributed by atoms with Crippen molar-refractivity contribution in [1.82, 2.24) is 0 Å². The van der Waals surface area contributed by atoms with E-state index in [1.807, 2.05) is 19.1 Å². The molecule has 21 heavy (non-hydrogen) atoms. The summed E-state index contributed by atoms with van der Waals surface area (Å²) >= 11 is 3.33. The molecule has 0 unspecified atom stereocenters. The second kappa shape index (κ2) is 7.36. The standard InChI is InChI=1S/C17H16BrFO2/c1-12-4-9-15(19)17(11-12)21-10-2-3-16(20)13-5-7-14(18)8-6-13/h4-9,11H,2-3,10H2,1H3. The fraction of sp³-hybridized carbons (Fsp3) is 0.235. The van der Waals surface area contributed by atoms with Gasteiger partial charge >= 0.3 is 0 Å². The second-order valence-corrected chi connectivity index (χ2v) is 5.73. The predicted octanol–water partition coefficient (Wildman–Crippen LogP) is 4.94. The highest BCUT2D eigenvalue weighted by Crippen LogP contribution is 2.19. The predicted molar refractivity (Wildman–Crippen MR) is 84.3 cm³/mol. The van der Waals surface area contributed by atoms with Gasteiger partial charge in [-0.1, -0.05) is 34.1 Å². The van der Waals surface area contributed by atoms with E-state index in [1.165, 1.54) is 6.07 Å². The number of halogens is 2. The molecular formula is C17H16BrFO2. The van der Waals surface area contributed by atoms with Gasteiger partial charge in [0.2, 0.25) is 0 Å². The lowest BCUT2D eigenvalue weighted by Gasteiger charge is -2.08. The van der Waals surface area contributed by atoms with Gasteiger partial charge in [0.25, 0.3) is 0 Å². The number of rotatable bonds is 6. The number of hydrogen-bond acceptors (Lipinski definition) is 2. The van der Waals surface area contributed by atoms with E-state index in [1.54, 1.807) is 24.3 Å². The molecule has 0 bridgehead atoms. The van der Waals surface area contributed by atoms with E-state index in [0.717, 1.165) is 10.0 Å². The second-order valence-electron chi connectivity index (χ2n) is 4.82. The lowest BCUT2D eigenvalue weighted by Crippen LogP contribution is -2.04. The van der Waals surface area contributed by atoms with E-state index in [4.69, 9.17) is 4.74 Å². The molecule has 0 radical (unpaired) electrons. The van der Waals surface area contributed by atoms with Crippen LogP contribution >= 0.6 is 15.9 Å². The number of ether oxygens (including phenoxy) is 1. The third kappa shape index (κ3) is 4.67. The zero-order valence-corrected chi connectivity index (χ0v) is 13.3. The fourth-order valence-corrected chi connectivity index (χ4v) is 2.18. The molecule has 110 valence electrons. The molecule has 0 spiro atoms. The van der Waals surface area contributed by atoms with Crippen LogP contribution in [0.3, 0.4) is 0 Å². The van der Waals surface area contributed by atoms with Gasteiger partial charge in [-0.25, -0.2) is 4.39 Å². The Balaban J connectivity index is 1.80. The van der Waals surface area contributed by atoms with Crippen molar-refractivity contribution in [1.29, 1.82) is 0 Å². The van der Waals surface area contributed by atoms with E-state index >= 15 is 0 Å². The number of aryl methyl sites for hydroxylation is 1. The Bertz CT molecular complexity index is 623. The zero-order chi connectivity index (χ0) is 15.2. The van der Waals surface area contributed by atoms with Gasteiger partial charge in [0.05, 0.1) is 6.61 Å². The minimum Gasteiger partial charge on any atom is -0.490 e. The summed E-state index contributed by atoms with van der Waals surface area (Å²) in [5, 5.41) is 0. The molecule has 0 N–H and O–H groups in total. The molecule has 4 heteroatoms. The van der Waals surface area contributed by atoms with Crippen molar-refractivity contribution >= 4 is 21.7 Å². The van der Waals surface area contributed by atoms with Crippen LogP contribution in [0.2, 0.25) is 0 Å². The van der Waals surface area contributed by atoms with Gasteiger partial charge in [0.1, 0.15) is 0 Å². The summed E-state index contributed by atoms with van der Waals surface area (Å²) in [6.45, 7) is 2.20. The number of benzene rings is 2. The summed E-state index contributed by atoms with van der Waals surface area (Å²) in [6, 6.07) is 12.0. The Morgan fingerprint density at radius 3 is 2.62 bits per heavy atom. The SMILES string of the molecule is Cc1ccc(F)c(OCCCC(=O)c2ccc(Br)cc2)c1. The summed E-state index contributed by atoms with van der Waals surface area (Å²) in [6.07, 6.45) is 0.942. The molecular weight excluding hydrogens is 335 g/mol. The highest BCUT2D eigenvalue weighted by molar-refractivity contribution is 9.10. The molecule has 2 nitrogen and oxygen atoms in total. The van der Waals surface area contributed by atoms with Crippen molar-refractivity contribution in [3.05, 3.63) is 63.9 Å². The van der Waals surface area contributed by atoms with Crippen LogP contribution in [0.5, 0.6) is 5.75 Å². The summed E-state index contributed by atoms with van der Waals surface area (Å²) in [5.74, 6) is -0.0678. The maximum Gasteiger partial charge on any atom is 0.165 e. The van der Waals surface area contributed by atoms with E-state index in [-0.39, 0.29) is 17.3 Å². The average Bonchev–Trinajstić information content (AvgIpc) is 2.47. The Labute approximate surface area is 132 Å². The molecule has 0 aliphatic carbocycles. The van der Waals surface area contributed by atoms with Crippen LogP contribution in [0.4, 0.5) is 4.39 Å². The van der Waals surface area contributed by atoms with E-state index in [0.29, 0.717) is 25.0 Å². The quantitative estimate of drug-likeness (QED) is 0.544. The van der Waals surface area contributed by atoms with E-state index in [2.05, 4.69) is 15.9 Å².